The molecule has 0 atom stereocenters. The van der Waals surface area contributed by atoms with Crippen molar-refractivity contribution in [2.24, 2.45) is 4.99 Å². The van der Waals surface area contributed by atoms with Crippen LogP contribution in [-0.4, -0.2) is 7.11 Å². The molecular weight excluding hydrogens is 415 g/mol. The number of hydrogen-bond acceptors (Lipinski definition) is 3. The zero-order chi connectivity index (χ0) is 21.3. The van der Waals surface area contributed by atoms with E-state index in [4.69, 9.17) is 20.8 Å². The molecule has 0 spiro atoms. The Bertz CT molecular complexity index is 1300. The molecule has 0 aliphatic rings. The molecule has 1 aromatic heterocycles. The van der Waals surface area contributed by atoms with Gasteiger partial charge in [-0.05, 0) is 48.5 Å². The van der Waals surface area contributed by atoms with Gasteiger partial charge in [0.25, 0.3) is 0 Å². The van der Waals surface area contributed by atoms with Gasteiger partial charge in [-0.3, -0.25) is 0 Å². The predicted octanol–water partition coefficient (Wildman–Crippen LogP) is 7.01. The fraction of sp³-hybridized carbons (Fsp3) is 0.0870. The lowest BCUT2D eigenvalue weighted by Crippen LogP contribution is -2.05. The van der Waals surface area contributed by atoms with E-state index in [2.05, 4.69) is 4.99 Å². The molecule has 0 fully saturated rings. The van der Waals surface area contributed by atoms with Gasteiger partial charge in [-0.25, -0.2) is 4.99 Å². The van der Waals surface area contributed by atoms with E-state index < -0.39 is 11.7 Å². The summed E-state index contributed by atoms with van der Waals surface area (Å²) in [6.07, 6.45) is -4.45. The van der Waals surface area contributed by atoms with Gasteiger partial charge in [0, 0.05) is 17.0 Å². The largest absolute Gasteiger partial charge is 0.497 e. The predicted molar refractivity (Wildman–Crippen MR) is 110 cm³/mol. The van der Waals surface area contributed by atoms with E-state index in [1.54, 1.807) is 42.5 Å². The highest BCUT2D eigenvalue weighted by atomic mass is 35.5. The second-order valence-corrected chi connectivity index (χ2v) is 6.90. The first-order chi connectivity index (χ1) is 14.3. The van der Waals surface area contributed by atoms with Crippen molar-refractivity contribution in [3.05, 3.63) is 88.7 Å². The van der Waals surface area contributed by atoms with Crippen LogP contribution in [0.1, 0.15) is 5.56 Å². The minimum absolute atomic E-state index is 0.172. The maximum absolute atomic E-state index is 13.1. The Morgan fingerprint density at radius 2 is 1.73 bits per heavy atom. The molecule has 0 bridgehead atoms. The molecule has 1 heterocycles. The van der Waals surface area contributed by atoms with Crippen LogP contribution in [0.4, 0.5) is 18.9 Å². The molecule has 4 rings (SSSR count). The summed E-state index contributed by atoms with van der Waals surface area (Å²) in [5.41, 5.74) is 0.555. The van der Waals surface area contributed by atoms with Gasteiger partial charge in [-0.1, -0.05) is 29.8 Å². The lowest BCUT2D eigenvalue weighted by molar-refractivity contribution is -0.137. The van der Waals surface area contributed by atoms with Gasteiger partial charge in [-0.2, -0.15) is 13.2 Å². The Hall–Kier alpha value is -3.25. The maximum Gasteiger partial charge on any atom is 0.416 e. The van der Waals surface area contributed by atoms with E-state index in [1.165, 1.54) is 19.2 Å². The molecule has 7 heteroatoms. The number of ether oxygens (including phenoxy) is 1. The number of nitrogens with zero attached hydrogens (tertiary/aromatic N) is 1. The number of halogens is 4. The molecule has 152 valence electrons. The molecule has 3 nitrogen and oxygen atoms in total. The number of alkyl halides is 3. The average Bonchev–Trinajstić information content (AvgIpc) is 2.73. The van der Waals surface area contributed by atoms with Crippen LogP contribution < -0.4 is 10.1 Å². The van der Waals surface area contributed by atoms with E-state index in [1.807, 2.05) is 6.07 Å². The van der Waals surface area contributed by atoms with Crippen molar-refractivity contribution >= 4 is 28.3 Å². The quantitative estimate of drug-likeness (QED) is 0.351. The summed E-state index contributed by atoms with van der Waals surface area (Å²) in [7, 11) is 1.53. The van der Waals surface area contributed by atoms with Crippen molar-refractivity contribution < 1.29 is 22.3 Å². The van der Waals surface area contributed by atoms with E-state index in [9.17, 15) is 13.2 Å². The van der Waals surface area contributed by atoms with Crippen LogP contribution in [0.3, 0.4) is 0 Å². The molecule has 0 aliphatic carbocycles. The van der Waals surface area contributed by atoms with Gasteiger partial charge in [0.15, 0.2) is 0 Å². The molecule has 4 aromatic rings. The number of benzene rings is 3. The molecule has 0 unspecified atom stereocenters. The molecule has 0 N–H and O–H groups in total. The van der Waals surface area contributed by atoms with Crippen molar-refractivity contribution in [1.29, 1.82) is 0 Å². The van der Waals surface area contributed by atoms with Crippen molar-refractivity contribution in [3.63, 3.8) is 0 Å². The first-order valence-electron chi connectivity index (χ1n) is 8.94. The van der Waals surface area contributed by atoms with E-state index in [0.29, 0.717) is 38.4 Å². The Kier molecular flexibility index (Phi) is 5.26. The zero-order valence-corrected chi connectivity index (χ0v) is 16.5. The highest BCUT2D eigenvalue weighted by molar-refractivity contribution is 6.33. The van der Waals surface area contributed by atoms with Gasteiger partial charge in [0.2, 0.25) is 0 Å². The first-order valence-corrected chi connectivity index (χ1v) is 9.32. The van der Waals surface area contributed by atoms with Crippen LogP contribution in [0, 0.1) is 0 Å². The van der Waals surface area contributed by atoms with Crippen LogP contribution in [-0.2, 0) is 6.18 Å². The van der Waals surface area contributed by atoms with Crippen LogP contribution >= 0.6 is 11.6 Å². The standard InChI is InChI=1S/C23H15ClF3NO2/c1-29-16-9-10-21-18(12-16)20(13-22(30-21)17-7-2-3-8-19(17)24)28-15-6-4-5-14(11-15)23(25,26)27/h2-13H,1H3. The third-order valence-electron chi connectivity index (χ3n) is 4.51. The summed E-state index contributed by atoms with van der Waals surface area (Å²) in [6, 6.07) is 18.8. The third kappa shape index (κ3) is 4.04. The van der Waals surface area contributed by atoms with Crippen LogP contribution in [0.25, 0.3) is 22.3 Å². The Morgan fingerprint density at radius 3 is 2.47 bits per heavy atom. The van der Waals surface area contributed by atoms with Crippen molar-refractivity contribution in [3.8, 4) is 17.1 Å². The SMILES string of the molecule is COc1ccc2oc(-c3ccccc3Cl)cc(=Nc3cccc(C(F)(F)F)c3)c2c1. The van der Waals surface area contributed by atoms with Crippen molar-refractivity contribution in [1.82, 2.24) is 0 Å². The van der Waals surface area contributed by atoms with Gasteiger partial charge in [-0.15, -0.1) is 0 Å². The molecule has 3 aromatic carbocycles. The molecule has 0 saturated carbocycles. The van der Waals surface area contributed by atoms with Gasteiger partial charge in [0.1, 0.15) is 17.1 Å². The van der Waals surface area contributed by atoms with Crippen molar-refractivity contribution in [2.45, 2.75) is 6.18 Å². The van der Waals surface area contributed by atoms with Gasteiger partial charge in [0.05, 0.1) is 28.7 Å². The lowest BCUT2D eigenvalue weighted by Gasteiger charge is -2.09. The number of fused-ring (bicyclic) bond motifs is 1. The Morgan fingerprint density at radius 1 is 0.933 bits per heavy atom. The van der Waals surface area contributed by atoms with Gasteiger partial charge >= 0.3 is 6.18 Å². The minimum atomic E-state index is -4.45. The van der Waals surface area contributed by atoms with Gasteiger partial charge < -0.3 is 9.15 Å². The van der Waals surface area contributed by atoms with Crippen LogP contribution in [0.5, 0.6) is 5.75 Å². The summed E-state index contributed by atoms with van der Waals surface area (Å²) in [5.74, 6) is 1.02. The number of methoxy groups -OCH3 is 1. The molecule has 0 radical (unpaired) electrons. The summed E-state index contributed by atoms with van der Waals surface area (Å²) in [4.78, 5) is 4.48. The van der Waals surface area contributed by atoms with Crippen LogP contribution in [0.2, 0.25) is 5.02 Å². The Balaban J connectivity index is 1.99. The highest BCUT2D eigenvalue weighted by Gasteiger charge is 2.30. The number of rotatable bonds is 3. The lowest BCUT2D eigenvalue weighted by atomic mass is 10.1. The minimum Gasteiger partial charge on any atom is -0.497 e. The summed E-state index contributed by atoms with van der Waals surface area (Å²) in [6.45, 7) is 0. The molecule has 0 saturated heterocycles. The average molecular weight is 430 g/mol. The summed E-state index contributed by atoms with van der Waals surface area (Å²) in [5, 5.41) is 1.52. The zero-order valence-electron chi connectivity index (χ0n) is 15.7. The Labute approximate surface area is 175 Å². The normalized spacial score (nSPS) is 12.4. The highest BCUT2D eigenvalue weighted by Crippen LogP contribution is 2.32. The summed E-state index contributed by atoms with van der Waals surface area (Å²) < 4.78 is 50.6. The van der Waals surface area contributed by atoms with E-state index >= 15 is 0 Å². The van der Waals surface area contributed by atoms with Crippen molar-refractivity contribution in [2.75, 3.05) is 7.11 Å². The monoisotopic (exact) mass is 429 g/mol. The fourth-order valence-corrected chi connectivity index (χ4v) is 3.28. The van der Waals surface area contributed by atoms with E-state index in [0.717, 1.165) is 12.1 Å². The topological polar surface area (TPSA) is 34.7 Å². The molecule has 30 heavy (non-hydrogen) atoms. The second kappa shape index (κ2) is 7.88. The molecule has 0 aliphatic heterocycles. The first kappa shape index (κ1) is 20.0. The maximum atomic E-state index is 13.1. The molecular formula is C23H15ClF3NO2. The second-order valence-electron chi connectivity index (χ2n) is 6.50. The summed E-state index contributed by atoms with van der Waals surface area (Å²) >= 11 is 6.31. The van der Waals surface area contributed by atoms with Crippen LogP contribution in [0.15, 0.2) is 82.2 Å². The fourth-order valence-electron chi connectivity index (χ4n) is 3.05. The smallest absolute Gasteiger partial charge is 0.416 e. The molecule has 0 amide bonds. The number of hydrogen-bond donors (Lipinski definition) is 0. The third-order valence-corrected chi connectivity index (χ3v) is 4.84. The van der Waals surface area contributed by atoms with E-state index in [-0.39, 0.29) is 5.69 Å².